The number of nitrogens with zero attached hydrogens (tertiary/aromatic N) is 3. The van der Waals surface area contributed by atoms with E-state index >= 15 is 0 Å². The van der Waals surface area contributed by atoms with E-state index in [0.29, 0.717) is 49.5 Å². The second-order valence-electron chi connectivity index (χ2n) is 8.20. The first-order chi connectivity index (χ1) is 14.9. The fraction of sp³-hybridized carbons (Fsp3) is 0.636. The average Bonchev–Trinajstić information content (AvgIpc) is 3.50. The Morgan fingerprint density at radius 1 is 1.29 bits per heavy atom. The fourth-order valence-electron chi connectivity index (χ4n) is 3.53. The van der Waals surface area contributed by atoms with Gasteiger partial charge in [-0.05, 0) is 62.1 Å². The molecule has 0 aliphatic heterocycles. The van der Waals surface area contributed by atoms with E-state index < -0.39 is 24.3 Å². The molecule has 0 unspecified atom stereocenters. The molecule has 1 aliphatic rings. The number of rotatable bonds is 13. The highest BCUT2D eigenvalue weighted by Gasteiger charge is 2.32. The molecule has 6 nitrogen and oxygen atoms in total. The summed E-state index contributed by atoms with van der Waals surface area (Å²) in [5.41, 5.74) is -0.228. The van der Waals surface area contributed by atoms with Crippen LogP contribution in [0.3, 0.4) is 0 Å². The van der Waals surface area contributed by atoms with Crippen LogP contribution in [0.2, 0.25) is 0 Å². The molecule has 0 radical (unpaired) electrons. The number of aromatic nitrogens is 3. The number of alkyl halides is 2. The summed E-state index contributed by atoms with van der Waals surface area (Å²) >= 11 is 0. The van der Waals surface area contributed by atoms with Crippen molar-refractivity contribution in [2.24, 2.45) is 5.92 Å². The molecule has 0 saturated heterocycles. The van der Waals surface area contributed by atoms with Crippen molar-refractivity contribution < 1.29 is 28.1 Å². The third-order valence-corrected chi connectivity index (χ3v) is 5.72. The molecule has 1 saturated carbocycles. The van der Waals surface area contributed by atoms with E-state index in [9.17, 15) is 18.3 Å². The third kappa shape index (κ3) is 6.20. The zero-order valence-electron chi connectivity index (χ0n) is 17.7. The molecule has 3 rings (SSSR count). The summed E-state index contributed by atoms with van der Waals surface area (Å²) in [7, 11) is 0. The molecule has 1 aromatic heterocycles. The lowest BCUT2D eigenvalue weighted by molar-refractivity contribution is 0.00938. The minimum atomic E-state index is -2.56. The summed E-state index contributed by atoms with van der Waals surface area (Å²) in [6.07, 6.45) is 0.885. The molecular formula is C22H30F3N3O3. The summed E-state index contributed by atoms with van der Waals surface area (Å²) < 4.78 is 47.2. The Hall–Kier alpha value is -2.13. The second-order valence-corrected chi connectivity index (χ2v) is 8.20. The van der Waals surface area contributed by atoms with Gasteiger partial charge in [0.2, 0.25) is 6.43 Å². The van der Waals surface area contributed by atoms with Crippen molar-refractivity contribution in [1.82, 2.24) is 15.0 Å². The van der Waals surface area contributed by atoms with Crippen LogP contribution in [-0.4, -0.2) is 44.8 Å². The fourth-order valence-corrected chi connectivity index (χ4v) is 3.53. The predicted molar refractivity (Wildman–Crippen MR) is 109 cm³/mol. The van der Waals surface area contributed by atoms with Crippen LogP contribution in [0.15, 0.2) is 18.2 Å². The normalized spacial score (nSPS) is 16.0. The van der Waals surface area contributed by atoms with Gasteiger partial charge in [-0.2, -0.15) is 0 Å². The standard InChI is InChI=1S/C22H30F3N3O3/c1-2-22(30,16-8-9-17(23)20(11-16)31-13-15-6-7-15)14-28-19(5-3-4-10-29)18(26-27-28)12-21(24)25/h8-9,11,15,21,29-30H,2-7,10,12-14H2,1H3/t22-/m1/s1. The van der Waals surface area contributed by atoms with E-state index in [4.69, 9.17) is 9.84 Å². The maximum Gasteiger partial charge on any atom is 0.244 e. The van der Waals surface area contributed by atoms with Gasteiger partial charge >= 0.3 is 0 Å². The molecule has 1 atom stereocenters. The zero-order valence-corrected chi connectivity index (χ0v) is 17.7. The predicted octanol–water partition coefficient (Wildman–Crippen LogP) is 3.63. The first-order valence-corrected chi connectivity index (χ1v) is 10.8. The van der Waals surface area contributed by atoms with Crippen molar-refractivity contribution in [2.45, 2.75) is 70.4 Å². The Labute approximate surface area is 180 Å². The molecule has 2 aromatic rings. The summed E-state index contributed by atoms with van der Waals surface area (Å²) in [4.78, 5) is 0. The number of halogens is 3. The number of unbranched alkanes of at least 4 members (excludes halogenated alkanes) is 1. The van der Waals surface area contributed by atoms with Gasteiger partial charge in [0.05, 0.1) is 31.0 Å². The highest BCUT2D eigenvalue weighted by molar-refractivity contribution is 5.34. The van der Waals surface area contributed by atoms with Gasteiger partial charge < -0.3 is 14.9 Å². The van der Waals surface area contributed by atoms with E-state index in [0.717, 1.165) is 12.8 Å². The van der Waals surface area contributed by atoms with Crippen molar-refractivity contribution in [2.75, 3.05) is 13.2 Å². The molecule has 0 amide bonds. The summed E-state index contributed by atoms with van der Waals surface area (Å²) in [6, 6.07) is 4.28. The van der Waals surface area contributed by atoms with Gasteiger partial charge in [0.15, 0.2) is 11.6 Å². The van der Waals surface area contributed by atoms with Gasteiger partial charge in [-0.3, -0.25) is 0 Å². The molecule has 1 fully saturated rings. The van der Waals surface area contributed by atoms with E-state index in [1.54, 1.807) is 6.92 Å². The maximum absolute atomic E-state index is 14.2. The van der Waals surface area contributed by atoms with Gasteiger partial charge in [-0.1, -0.05) is 18.2 Å². The van der Waals surface area contributed by atoms with Crippen LogP contribution >= 0.6 is 0 Å². The number of ether oxygens (including phenoxy) is 1. The first kappa shape index (κ1) is 23.5. The molecule has 9 heteroatoms. The van der Waals surface area contributed by atoms with Crippen LogP contribution in [-0.2, 0) is 25.0 Å². The number of hydrogen-bond donors (Lipinski definition) is 2. The van der Waals surface area contributed by atoms with E-state index in [2.05, 4.69) is 10.3 Å². The minimum Gasteiger partial charge on any atom is -0.490 e. The number of aliphatic hydroxyl groups excluding tert-OH is 1. The molecule has 1 heterocycles. The average molecular weight is 441 g/mol. The van der Waals surface area contributed by atoms with Gasteiger partial charge in [0.1, 0.15) is 5.60 Å². The van der Waals surface area contributed by atoms with Crippen LogP contribution in [0.25, 0.3) is 0 Å². The Morgan fingerprint density at radius 3 is 2.71 bits per heavy atom. The molecule has 172 valence electrons. The smallest absolute Gasteiger partial charge is 0.244 e. The van der Waals surface area contributed by atoms with Gasteiger partial charge in [0.25, 0.3) is 0 Å². The molecule has 1 aliphatic carbocycles. The molecule has 0 spiro atoms. The lowest BCUT2D eigenvalue weighted by atomic mass is 9.90. The summed E-state index contributed by atoms with van der Waals surface area (Å²) in [5.74, 6) is 0.0574. The number of hydrogen-bond acceptors (Lipinski definition) is 5. The SMILES string of the molecule is CC[C@@](O)(Cn1nnc(CC(F)F)c1CCCCO)c1ccc(F)c(OCC2CC2)c1. The van der Waals surface area contributed by atoms with Crippen molar-refractivity contribution in [1.29, 1.82) is 0 Å². The van der Waals surface area contributed by atoms with Crippen molar-refractivity contribution in [3.8, 4) is 5.75 Å². The van der Waals surface area contributed by atoms with Crippen LogP contribution in [0.1, 0.15) is 56.0 Å². The topological polar surface area (TPSA) is 80.4 Å². The van der Waals surface area contributed by atoms with Crippen LogP contribution in [0.4, 0.5) is 13.2 Å². The Balaban J connectivity index is 1.84. The molecular weight excluding hydrogens is 411 g/mol. The van der Waals surface area contributed by atoms with Crippen molar-refractivity contribution in [3.63, 3.8) is 0 Å². The minimum absolute atomic E-state index is 0.00383. The first-order valence-electron chi connectivity index (χ1n) is 10.8. The van der Waals surface area contributed by atoms with Gasteiger partial charge in [-0.25, -0.2) is 17.9 Å². The van der Waals surface area contributed by atoms with E-state index in [1.165, 1.54) is 22.9 Å². The lowest BCUT2D eigenvalue weighted by Gasteiger charge is -2.28. The largest absolute Gasteiger partial charge is 0.490 e. The van der Waals surface area contributed by atoms with Crippen LogP contribution in [0, 0.1) is 11.7 Å². The quantitative estimate of drug-likeness (QED) is 0.464. The van der Waals surface area contributed by atoms with Crippen molar-refractivity contribution >= 4 is 0 Å². The monoisotopic (exact) mass is 441 g/mol. The van der Waals surface area contributed by atoms with Crippen LogP contribution in [0.5, 0.6) is 5.75 Å². The zero-order chi connectivity index (χ0) is 22.4. The lowest BCUT2D eigenvalue weighted by Crippen LogP contribution is -2.32. The van der Waals surface area contributed by atoms with Crippen molar-refractivity contribution in [3.05, 3.63) is 41.0 Å². The van der Waals surface area contributed by atoms with E-state index in [-0.39, 0.29) is 24.6 Å². The Morgan fingerprint density at radius 2 is 2.06 bits per heavy atom. The molecule has 31 heavy (non-hydrogen) atoms. The summed E-state index contributed by atoms with van der Waals surface area (Å²) in [5, 5.41) is 28.4. The summed E-state index contributed by atoms with van der Waals surface area (Å²) in [6.45, 7) is 2.22. The maximum atomic E-state index is 14.2. The number of benzene rings is 1. The van der Waals surface area contributed by atoms with Gasteiger partial charge in [0, 0.05) is 6.61 Å². The highest BCUT2D eigenvalue weighted by Crippen LogP contribution is 2.34. The number of aliphatic hydroxyl groups is 2. The van der Waals surface area contributed by atoms with Gasteiger partial charge in [-0.15, -0.1) is 5.10 Å². The Bertz CT molecular complexity index is 858. The Kier molecular flexibility index (Phi) is 7.94. The van der Waals surface area contributed by atoms with E-state index in [1.807, 2.05) is 0 Å². The van der Waals surface area contributed by atoms with Crippen LogP contribution < -0.4 is 4.74 Å². The molecule has 2 N–H and O–H groups in total. The molecule has 0 bridgehead atoms. The molecule has 1 aromatic carbocycles. The third-order valence-electron chi connectivity index (χ3n) is 5.72. The second kappa shape index (κ2) is 10.5. The highest BCUT2D eigenvalue weighted by atomic mass is 19.3.